The van der Waals surface area contributed by atoms with Crippen molar-refractivity contribution < 1.29 is 9.90 Å². The smallest absolute Gasteiger partial charge is 0.234 e. The summed E-state index contributed by atoms with van der Waals surface area (Å²) in [7, 11) is 0. The van der Waals surface area contributed by atoms with E-state index in [2.05, 4.69) is 45.4 Å². The zero-order chi connectivity index (χ0) is 20.1. The average molecular weight is 400 g/mol. The number of likely N-dealkylation sites (tertiary alicyclic amines) is 2. The van der Waals surface area contributed by atoms with Crippen molar-refractivity contribution >= 4 is 5.91 Å². The molecule has 1 amide bonds. The number of benzene rings is 1. The lowest BCUT2D eigenvalue weighted by atomic mass is 9.74. The third-order valence-electron chi connectivity index (χ3n) is 7.47. The summed E-state index contributed by atoms with van der Waals surface area (Å²) in [6, 6.07) is 10.9. The molecular formula is C24H37N3O2. The molecular weight excluding hydrogens is 362 g/mol. The maximum Gasteiger partial charge on any atom is 0.234 e. The third-order valence-corrected chi connectivity index (χ3v) is 7.47. The van der Waals surface area contributed by atoms with Crippen LogP contribution in [0, 0.1) is 0 Å². The summed E-state index contributed by atoms with van der Waals surface area (Å²) in [6.07, 6.45) is 8.38. The molecule has 0 unspecified atom stereocenters. The maximum atomic E-state index is 12.6. The van der Waals surface area contributed by atoms with Crippen molar-refractivity contribution in [3.63, 3.8) is 0 Å². The van der Waals surface area contributed by atoms with Crippen molar-refractivity contribution in [2.24, 2.45) is 0 Å². The SMILES string of the molecule is O=C(CN1CCCC1)NC[C@@]1(c2ccccc2)CC[C@H](O)[C@@H](N2CCCC2)CC1. The number of carbonyl (C=O) groups excluding carboxylic acids is 1. The number of nitrogens with one attached hydrogen (secondary N) is 1. The molecule has 3 aliphatic rings. The lowest BCUT2D eigenvalue weighted by molar-refractivity contribution is -0.122. The quantitative estimate of drug-likeness (QED) is 0.722. The topological polar surface area (TPSA) is 55.8 Å². The Hall–Kier alpha value is -1.43. The van der Waals surface area contributed by atoms with Gasteiger partial charge < -0.3 is 10.4 Å². The van der Waals surface area contributed by atoms with Crippen molar-refractivity contribution in [3.8, 4) is 0 Å². The highest BCUT2D eigenvalue weighted by Gasteiger charge is 2.40. The van der Waals surface area contributed by atoms with Crippen molar-refractivity contribution in [1.29, 1.82) is 0 Å². The number of hydrogen-bond donors (Lipinski definition) is 2. The summed E-state index contributed by atoms with van der Waals surface area (Å²) in [5.41, 5.74) is 1.22. The Bertz CT molecular complexity index is 655. The van der Waals surface area contributed by atoms with Gasteiger partial charge >= 0.3 is 0 Å². The van der Waals surface area contributed by atoms with Gasteiger partial charge in [-0.05, 0) is 83.1 Å². The molecule has 2 heterocycles. The Morgan fingerprint density at radius 2 is 1.66 bits per heavy atom. The number of rotatable bonds is 6. The van der Waals surface area contributed by atoms with E-state index >= 15 is 0 Å². The summed E-state index contributed by atoms with van der Waals surface area (Å²) in [6.45, 7) is 5.51. The number of aliphatic hydroxyl groups excluding tert-OH is 1. The van der Waals surface area contributed by atoms with Crippen molar-refractivity contribution in [2.45, 2.75) is 68.9 Å². The molecule has 1 aromatic rings. The van der Waals surface area contributed by atoms with Crippen LogP contribution < -0.4 is 5.32 Å². The van der Waals surface area contributed by atoms with Gasteiger partial charge in [0.25, 0.3) is 0 Å². The summed E-state index contributed by atoms with van der Waals surface area (Å²) >= 11 is 0. The second kappa shape index (κ2) is 9.59. The van der Waals surface area contributed by atoms with Gasteiger partial charge in [0.1, 0.15) is 0 Å². The molecule has 2 saturated heterocycles. The van der Waals surface area contributed by atoms with Gasteiger partial charge in [-0.25, -0.2) is 0 Å². The number of nitrogens with zero attached hydrogens (tertiary/aromatic N) is 2. The van der Waals surface area contributed by atoms with Gasteiger partial charge in [-0.1, -0.05) is 30.3 Å². The molecule has 160 valence electrons. The average Bonchev–Trinajstić information content (AvgIpc) is 3.42. The van der Waals surface area contributed by atoms with Crippen LogP contribution in [0.1, 0.15) is 56.9 Å². The minimum atomic E-state index is -0.265. The van der Waals surface area contributed by atoms with Crippen LogP contribution in [-0.2, 0) is 10.2 Å². The molecule has 2 N–H and O–H groups in total. The molecule has 1 aromatic carbocycles. The Balaban J connectivity index is 1.46. The molecule has 4 rings (SSSR count). The van der Waals surface area contributed by atoms with Gasteiger partial charge in [-0.2, -0.15) is 0 Å². The molecule has 2 aliphatic heterocycles. The first-order valence-electron chi connectivity index (χ1n) is 11.6. The van der Waals surface area contributed by atoms with Gasteiger partial charge in [0, 0.05) is 18.0 Å². The molecule has 3 fully saturated rings. The minimum Gasteiger partial charge on any atom is -0.391 e. The minimum absolute atomic E-state index is 0.0859. The molecule has 1 aliphatic carbocycles. The molecule has 1 saturated carbocycles. The number of amides is 1. The number of aliphatic hydroxyl groups is 1. The lowest BCUT2D eigenvalue weighted by Gasteiger charge is -2.34. The molecule has 5 nitrogen and oxygen atoms in total. The van der Waals surface area contributed by atoms with E-state index in [9.17, 15) is 9.90 Å². The molecule has 29 heavy (non-hydrogen) atoms. The first kappa shape index (κ1) is 20.8. The second-order valence-electron chi connectivity index (χ2n) is 9.36. The van der Waals surface area contributed by atoms with E-state index in [1.165, 1.54) is 31.2 Å². The largest absolute Gasteiger partial charge is 0.391 e. The summed E-state index contributed by atoms with van der Waals surface area (Å²) in [5.74, 6) is 0.142. The van der Waals surface area contributed by atoms with E-state index in [0.717, 1.165) is 51.9 Å². The van der Waals surface area contributed by atoms with Crippen LogP contribution in [0.3, 0.4) is 0 Å². The first-order chi connectivity index (χ1) is 14.2. The van der Waals surface area contributed by atoms with Crippen molar-refractivity contribution in [1.82, 2.24) is 15.1 Å². The summed E-state index contributed by atoms with van der Waals surface area (Å²) < 4.78 is 0. The van der Waals surface area contributed by atoms with E-state index in [-0.39, 0.29) is 23.5 Å². The molecule has 0 aromatic heterocycles. The van der Waals surface area contributed by atoms with Crippen LogP contribution in [0.25, 0.3) is 0 Å². The highest BCUT2D eigenvalue weighted by molar-refractivity contribution is 5.78. The van der Waals surface area contributed by atoms with Gasteiger partial charge in [-0.3, -0.25) is 14.6 Å². The third kappa shape index (κ3) is 5.01. The zero-order valence-electron chi connectivity index (χ0n) is 17.7. The molecule has 0 bridgehead atoms. The van der Waals surface area contributed by atoms with Gasteiger partial charge in [0.15, 0.2) is 0 Å². The predicted molar refractivity (Wildman–Crippen MR) is 116 cm³/mol. The summed E-state index contributed by atoms with van der Waals surface area (Å²) in [4.78, 5) is 17.4. The fourth-order valence-corrected chi connectivity index (χ4v) is 5.68. The van der Waals surface area contributed by atoms with E-state index < -0.39 is 0 Å². The van der Waals surface area contributed by atoms with Crippen molar-refractivity contribution in [3.05, 3.63) is 35.9 Å². The molecule has 5 heteroatoms. The molecule has 3 atom stereocenters. The van der Waals surface area contributed by atoms with Crippen molar-refractivity contribution in [2.75, 3.05) is 39.3 Å². The highest BCUT2D eigenvalue weighted by Crippen LogP contribution is 2.39. The van der Waals surface area contributed by atoms with Crippen LogP contribution in [0.2, 0.25) is 0 Å². The van der Waals surface area contributed by atoms with Crippen LogP contribution in [0.4, 0.5) is 0 Å². The Labute approximate surface area is 175 Å². The summed E-state index contributed by atoms with van der Waals surface area (Å²) in [5, 5.41) is 14.2. The Morgan fingerprint density at radius 3 is 2.38 bits per heavy atom. The lowest BCUT2D eigenvalue weighted by Crippen LogP contribution is -2.44. The predicted octanol–water partition coefficient (Wildman–Crippen LogP) is 2.54. The first-order valence-corrected chi connectivity index (χ1v) is 11.6. The maximum absolute atomic E-state index is 12.6. The van der Waals surface area contributed by atoms with Gasteiger partial charge in [0.2, 0.25) is 5.91 Å². The van der Waals surface area contributed by atoms with E-state index in [4.69, 9.17) is 0 Å². The normalized spacial score (nSPS) is 31.6. The fraction of sp³-hybridized carbons (Fsp3) is 0.708. The van der Waals surface area contributed by atoms with Crippen LogP contribution >= 0.6 is 0 Å². The van der Waals surface area contributed by atoms with Crippen LogP contribution in [-0.4, -0.2) is 72.2 Å². The zero-order valence-corrected chi connectivity index (χ0v) is 17.7. The van der Waals surface area contributed by atoms with E-state index in [1.807, 2.05) is 0 Å². The number of hydrogen-bond acceptors (Lipinski definition) is 4. The molecule has 0 spiro atoms. The Kier molecular flexibility index (Phi) is 6.88. The molecule has 0 radical (unpaired) electrons. The fourth-order valence-electron chi connectivity index (χ4n) is 5.68. The monoisotopic (exact) mass is 399 g/mol. The Morgan fingerprint density at radius 1 is 1.00 bits per heavy atom. The van der Waals surface area contributed by atoms with E-state index in [1.54, 1.807) is 0 Å². The van der Waals surface area contributed by atoms with Gasteiger partial charge in [-0.15, -0.1) is 0 Å². The second-order valence-corrected chi connectivity index (χ2v) is 9.36. The van der Waals surface area contributed by atoms with Crippen LogP contribution in [0.15, 0.2) is 30.3 Å². The standard InChI is InChI=1S/C24H37N3O2/c28-22-11-13-24(20-8-2-1-3-9-20,12-10-21(22)27-16-6-7-17-27)19-25-23(29)18-26-14-4-5-15-26/h1-3,8-9,21-22,28H,4-7,10-19H2,(H,25,29)/t21-,22-,24-/m0/s1. The number of carbonyl (C=O) groups is 1. The van der Waals surface area contributed by atoms with Gasteiger partial charge in [0.05, 0.1) is 12.6 Å². The van der Waals surface area contributed by atoms with Crippen LogP contribution in [0.5, 0.6) is 0 Å². The highest BCUT2D eigenvalue weighted by atomic mass is 16.3. The van der Waals surface area contributed by atoms with E-state index in [0.29, 0.717) is 13.1 Å².